The van der Waals surface area contributed by atoms with Crippen molar-refractivity contribution in [1.29, 1.82) is 0 Å². The second kappa shape index (κ2) is 6.12. The number of nitrogens with zero attached hydrogens (tertiary/aromatic N) is 1. The van der Waals surface area contributed by atoms with Crippen LogP contribution in [0.3, 0.4) is 0 Å². The van der Waals surface area contributed by atoms with Crippen LogP contribution in [0.15, 0.2) is 47.2 Å². The summed E-state index contributed by atoms with van der Waals surface area (Å²) in [6.07, 6.45) is 3.79. The minimum atomic E-state index is 0.332. The molecule has 1 heterocycles. The lowest BCUT2D eigenvalue weighted by atomic mass is 10.1. The van der Waals surface area contributed by atoms with Gasteiger partial charge < -0.3 is 5.32 Å². The first-order chi connectivity index (χ1) is 8.65. The molecular weight excluding hydrogens is 288 g/mol. The third-order valence-corrected chi connectivity index (χ3v) is 3.44. The molecule has 0 bridgehead atoms. The van der Waals surface area contributed by atoms with Crippen molar-refractivity contribution in [2.75, 3.05) is 0 Å². The summed E-state index contributed by atoms with van der Waals surface area (Å²) in [5, 5.41) is 3.51. The van der Waals surface area contributed by atoms with E-state index in [-0.39, 0.29) is 0 Å². The number of hydrogen-bond donors (Lipinski definition) is 1. The van der Waals surface area contributed by atoms with E-state index in [1.54, 1.807) is 0 Å². The Labute approximate surface area is 117 Å². The largest absolute Gasteiger partial charge is 0.306 e. The Morgan fingerprint density at radius 1 is 1.22 bits per heavy atom. The van der Waals surface area contributed by atoms with Gasteiger partial charge in [-0.15, -0.1) is 0 Å². The van der Waals surface area contributed by atoms with Gasteiger partial charge in [-0.1, -0.05) is 34.1 Å². The molecule has 0 aliphatic rings. The normalized spacial score (nSPS) is 12.4. The van der Waals surface area contributed by atoms with Crippen molar-refractivity contribution in [1.82, 2.24) is 10.3 Å². The highest BCUT2D eigenvalue weighted by molar-refractivity contribution is 9.10. The van der Waals surface area contributed by atoms with Gasteiger partial charge in [-0.25, -0.2) is 0 Å². The molecule has 1 aromatic heterocycles. The predicted molar refractivity (Wildman–Crippen MR) is 78.4 cm³/mol. The van der Waals surface area contributed by atoms with E-state index >= 15 is 0 Å². The lowest BCUT2D eigenvalue weighted by Crippen LogP contribution is -2.18. The van der Waals surface area contributed by atoms with E-state index in [0.29, 0.717) is 6.04 Å². The third kappa shape index (κ3) is 3.65. The van der Waals surface area contributed by atoms with E-state index in [1.807, 2.05) is 12.4 Å². The number of aryl methyl sites for hydroxylation is 1. The van der Waals surface area contributed by atoms with E-state index in [0.717, 1.165) is 11.0 Å². The predicted octanol–water partition coefficient (Wildman–Crippen LogP) is 4.00. The Bertz CT molecular complexity index is 508. The first-order valence-corrected chi connectivity index (χ1v) is 6.84. The summed E-state index contributed by atoms with van der Waals surface area (Å²) in [6.45, 7) is 5.08. The summed E-state index contributed by atoms with van der Waals surface area (Å²) in [5.41, 5.74) is 3.71. The summed E-state index contributed by atoms with van der Waals surface area (Å²) in [7, 11) is 0. The van der Waals surface area contributed by atoms with Gasteiger partial charge in [0.1, 0.15) is 0 Å². The van der Waals surface area contributed by atoms with Crippen LogP contribution in [0.25, 0.3) is 0 Å². The molecule has 0 saturated carbocycles. The molecule has 18 heavy (non-hydrogen) atoms. The van der Waals surface area contributed by atoms with E-state index in [4.69, 9.17) is 0 Å². The van der Waals surface area contributed by atoms with Crippen LogP contribution in [0.1, 0.15) is 29.7 Å². The zero-order valence-electron chi connectivity index (χ0n) is 10.7. The average molecular weight is 305 g/mol. The minimum absolute atomic E-state index is 0.332. The van der Waals surface area contributed by atoms with E-state index in [1.165, 1.54) is 16.7 Å². The monoisotopic (exact) mass is 304 g/mol. The second-order valence-corrected chi connectivity index (χ2v) is 5.44. The number of nitrogens with one attached hydrogen (secondary N) is 1. The highest BCUT2D eigenvalue weighted by Gasteiger charge is 2.04. The van der Waals surface area contributed by atoms with Crippen LogP contribution in [0.5, 0.6) is 0 Å². The number of aromatic nitrogens is 1. The Morgan fingerprint density at radius 2 is 1.94 bits per heavy atom. The van der Waals surface area contributed by atoms with Gasteiger partial charge in [-0.3, -0.25) is 4.98 Å². The van der Waals surface area contributed by atoms with Gasteiger partial charge in [0.15, 0.2) is 0 Å². The molecule has 0 aliphatic heterocycles. The maximum absolute atomic E-state index is 4.20. The standard InChI is InChI=1S/C15H17BrN2/c1-11-7-13(9-17-8-11)10-18-12(2)14-3-5-15(16)6-4-14/h3-9,12,18H,10H2,1-2H3. The molecule has 94 valence electrons. The molecule has 1 unspecified atom stereocenters. The van der Waals surface area contributed by atoms with Crippen LogP contribution < -0.4 is 5.32 Å². The fraction of sp³-hybridized carbons (Fsp3) is 0.267. The summed E-state index contributed by atoms with van der Waals surface area (Å²) in [6, 6.07) is 10.9. The molecule has 0 fully saturated rings. The molecule has 0 amide bonds. The van der Waals surface area contributed by atoms with E-state index in [9.17, 15) is 0 Å². The molecule has 0 spiro atoms. The van der Waals surface area contributed by atoms with Crippen molar-refractivity contribution in [3.05, 3.63) is 63.9 Å². The van der Waals surface area contributed by atoms with Gasteiger partial charge in [0, 0.05) is 29.5 Å². The third-order valence-electron chi connectivity index (χ3n) is 2.91. The number of hydrogen-bond acceptors (Lipinski definition) is 2. The smallest absolute Gasteiger partial charge is 0.0313 e. The fourth-order valence-corrected chi connectivity index (χ4v) is 2.12. The summed E-state index contributed by atoms with van der Waals surface area (Å²) in [4.78, 5) is 4.20. The fourth-order valence-electron chi connectivity index (χ4n) is 1.85. The lowest BCUT2D eigenvalue weighted by molar-refractivity contribution is 0.573. The van der Waals surface area contributed by atoms with Gasteiger partial charge >= 0.3 is 0 Å². The number of rotatable bonds is 4. The number of halogens is 1. The zero-order valence-corrected chi connectivity index (χ0v) is 12.2. The molecule has 3 heteroatoms. The van der Waals surface area contributed by atoms with Gasteiger partial charge in [0.2, 0.25) is 0 Å². The molecule has 0 aliphatic carbocycles. The Morgan fingerprint density at radius 3 is 2.61 bits per heavy atom. The van der Waals surface area contributed by atoms with Gasteiger partial charge in [-0.05, 0) is 42.7 Å². The first kappa shape index (κ1) is 13.2. The average Bonchev–Trinajstić information content (AvgIpc) is 2.37. The van der Waals surface area contributed by atoms with Gasteiger partial charge in [0.05, 0.1) is 0 Å². The Hall–Kier alpha value is -1.19. The number of benzene rings is 1. The molecule has 1 aromatic carbocycles. The zero-order chi connectivity index (χ0) is 13.0. The van der Waals surface area contributed by atoms with Crippen molar-refractivity contribution in [3.63, 3.8) is 0 Å². The minimum Gasteiger partial charge on any atom is -0.306 e. The highest BCUT2D eigenvalue weighted by atomic mass is 79.9. The van der Waals surface area contributed by atoms with Crippen molar-refractivity contribution in [2.45, 2.75) is 26.4 Å². The highest BCUT2D eigenvalue weighted by Crippen LogP contribution is 2.16. The van der Waals surface area contributed by atoms with Crippen LogP contribution in [0.4, 0.5) is 0 Å². The molecule has 0 radical (unpaired) electrons. The summed E-state index contributed by atoms with van der Waals surface area (Å²) < 4.78 is 1.11. The van der Waals surface area contributed by atoms with Crippen molar-refractivity contribution in [3.8, 4) is 0 Å². The second-order valence-electron chi connectivity index (χ2n) is 4.52. The lowest BCUT2D eigenvalue weighted by Gasteiger charge is -2.14. The molecule has 2 rings (SSSR count). The van der Waals surface area contributed by atoms with Crippen molar-refractivity contribution in [2.24, 2.45) is 0 Å². The number of pyridine rings is 1. The van der Waals surface area contributed by atoms with Crippen molar-refractivity contribution >= 4 is 15.9 Å². The van der Waals surface area contributed by atoms with Crippen LogP contribution in [-0.2, 0) is 6.54 Å². The molecule has 2 aromatic rings. The summed E-state index contributed by atoms with van der Waals surface area (Å²) in [5.74, 6) is 0. The maximum Gasteiger partial charge on any atom is 0.0313 e. The maximum atomic E-state index is 4.20. The summed E-state index contributed by atoms with van der Waals surface area (Å²) >= 11 is 3.45. The van der Waals surface area contributed by atoms with Crippen LogP contribution in [0, 0.1) is 6.92 Å². The van der Waals surface area contributed by atoms with Gasteiger partial charge in [-0.2, -0.15) is 0 Å². The first-order valence-electron chi connectivity index (χ1n) is 6.04. The molecule has 0 saturated heterocycles. The van der Waals surface area contributed by atoms with E-state index < -0.39 is 0 Å². The van der Waals surface area contributed by atoms with Crippen LogP contribution in [0.2, 0.25) is 0 Å². The molecule has 1 atom stereocenters. The van der Waals surface area contributed by atoms with Crippen molar-refractivity contribution < 1.29 is 0 Å². The van der Waals surface area contributed by atoms with Crippen LogP contribution in [-0.4, -0.2) is 4.98 Å². The Kier molecular flexibility index (Phi) is 4.50. The molecule has 1 N–H and O–H groups in total. The van der Waals surface area contributed by atoms with Crippen LogP contribution >= 0.6 is 15.9 Å². The molecular formula is C15H17BrN2. The van der Waals surface area contributed by atoms with E-state index in [2.05, 4.69) is 70.4 Å². The van der Waals surface area contributed by atoms with Gasteiger partial charge in [0.25, 0.3) is 0 Å². The molecule has 2 nitrogen and oxygen atoms in total. The Balaban J connectivity index is 1.96. The quantitative estimate of drug-likeness (QED) is 0.923. The SMILES string of the molecule is Cc1cncc(CNC(C)c2ccc(Br)cc2)c1. The topological polar surface area (TPSA) is 24.9 Å².